The van der Waals surface area contributed by atoms with Gasteiger partial charge in [-0.3, -0.25) is 4.79 Å². The molecule has 0 amide bonds. The smallest absolute Gasteiger partial charge is 0.320 e. The van der Waals surface area contributed by atoms with Crippen LogP contribution in [0, 0.1) is 13.8 Å². The zero-order valence-corrected chi connectivity index (χ0v) is 17.4. The van der Waals surface area contributed by atoms with Gasteiger partial charge in [0, 0.05) is 18.8 Å². The average molecular weight is 386 g/mol. The van der Waals surface area contributed by atoms with Crippen molar-refractivity contribution in [3.05, 3.63) is 28.8 Å². The monoisotopic (exact) mass is 385 g/mol. The fourth-order valence-corrected chi connectivity index (χ4v) is 6.24. The van der Waals surface area contributed by atoms with Crippen molar-refractivity contribution < 1.29 is 17.9 Å². The summed E-state index contributed by atoms with van der Waals surface area (Å²) in [7, 11) is -2.32. The summed E-state index contributed by atoms with van der Waals surface area (Å²) < 4.78 is 32.6. The molecule has 0 radical (unpaired) electrons. The number of methoxy groups -OCH3 is 1. The van der Waals surface area contributed by atoms with Crippen LogP contribution in [0.25, 0.3) is 0 Å². The van der Waals surface area contributed by atoms with Crippen LogP contribution in [0.3, 0.4) is 0 Å². The van der Waals surface area contributed by atoms with E-state index in [4.69, 9.17) is 4.74 Å². The molecule has 0 unspecified atom stereocenters. The second kappa shape index (κ2) is 7.29. The van der Waals surface area contributed by atoms with Gasteiger partial charge in [-0.1, -0.05) is 32.9 Å². The van der Waals surface area contributed by atoms with Crippen molar-refractivity contribution in [3.63, 3.8) is 0 Å². The largest absolute Gasteiger partial charge is 0.468 e. The third-order valence-corrected chi connectivity index (χ3v) is 7.75. The number of aryl methyl sites for hydroxylation is 2. The molecule has 1 aliphatic rings. The van der Waals surface area contributed by atoms with Crippen LogP contribution < -0.4 is 0 Å². The highest BCUT2D eigenvalue weighted by atomic mass is 32.2. The summed E-state index contributed by atoms with van der Waals surface area (Å²) in [6, 6.07) is 3.91. The number of hydrogen-bond acceptors (Lipinski definition) is 5. The number of nitrogens with zero attached hydrogens (tertiary/aromatic N) is 1. The number of thioether (sulfide) groups is 1. The molecule has 1 fully saturated rings. The Balaban J connectivity index is 2.41. The van der Waals surface area contributed by atoms with Gasteiger partial charge in [-0.15, -0.1) is 11.8 Å². The highest BCUT2D eigenvalue weighted by Gasteiger charge is 2.36. The van der Waals surface area contributed by atoms with Crippen LogP contribution in [-0.2, 0) is 25.0 Å². The second-order valence-corrected chi connectivity index (χ2v) is 10.6. The number of benzene rings is 1. The molecule has 0 aliphatic carbocycles. The third-order valence-electron chi connectivity index (χ3n) is 4.42. The van der Waals surface area contributed by atoms with Crippen molar-refractivity contribution in [3.8, 4) is 0 Å². The molecule has 2 rings (SSSR count). The topological polar surface area (TPSA) is 63.7 Å². The van der Waals surface area contributed by atoms with Gasteiger partial charge in [0.2, 0.25) is 10.0 Å². The molecule has 1 saturated heterocycles. The molecule has 1 aliphatic heterocycles. The van der Waals surface area contributed by atoms with E-state index in [0.29, 0.717) is 17.2 Å². The number of rotatable bonds is 3. The number of ether oxygens (including phenoxy) is 1. The fourth-order valence-electron chi connectivity index (χ4n) is 3.04. The van der Waals surface area contributed by atoms with Crippen LogP contribution in [0.5, 0.6) is 0 Å². The minimum absolute atomic E-state index is 0.0461. The number of carbonyl (C=O) groups is 1. The van der Waals surface area contributed by atoms with Crippen molar-refractivity contribution in [1.82, 2.24) is 4.31 Å². The standard InChI is InChI=1S/C18H27NO4S2/c1-12-9-14(18(3,4)5)10-13(2)16(12)25(21,22)19-7-8-24-15(11-19)17(20)23-6/h9-10,15H,7-8,11H2,1-6H3/t15-/m1/s1. The Kier molecular flexibility index (Phi) is 5.91. The molecule has 0 saturated carbocycles. The molecule has 1 aromatic rings. The van der Waals surface area contributed by atoms with Crippen molar-refractivity contribution >= 4 is 27.8 Å². The van der Waals surface area contributed by atoms with Crippen molar-refractivity contribution in [1.29, 1.82) is 0 Å². The summed E-state index contributed by atoms with van der Waals surface area (Å²) in [4.78, 5) is 12.2. The lowest BCUT2D eigenvalue weighted by atomic mass is 9.85. The Hall–Kier alpha value is -1.05. The molecule has 1 atom stereocenters. The van der Waals surface area contributed by atoms with Crippen molar-refractivity contribution in [2.75, 3.05) is 26.0 Å². The number of carbonyl (C=O) groups excluding carboxylic acids is 1. The predicted octanol–water partition coefficient (Wildman–Crippen LogP) is 2.88. The maximum absolute atomic E-state index is 13.2. The normalized spacial score (nSPS) is 19.7. The lowest BCUT2D eigenvalue weighted by Gasteiger charge is -2.31. The lowest BCUT2D eigenvalue weighted by Crippen LogP contribution is -2.45. The Labute approximate surface area is 155 Å². The summed E-state index contributed by atoms with van der Waals surface area (Å²) in [5.74, 6) is 0.207. The van der Waals surface area contributed by atoms with Crippen LogP contribution in [0.4, 0.5) is 0 Å². The van der Waals surface area contributed by atoms with Crippen molar-refractivity contribution in [2.45, 2.75) is 50.2 Å². The molecule has 0 aromatic heterocycles. The molecular weight excluding hydrogens is 358 g/mol. The number of esters is 1. The quantitative estimate of drug-likeness (QED) is 0.749. The highest BCUT2D eigenvalue weighted by molar-refractivity contribution is 8.00. The summed E-state index contributed by atoms with van der Waals surface area (Å²) >= 11 is 1.44. The zero-order chi connectivity index (χ0) is 19.0. The molecular formula is C18H27NO4S2. The third kappa shape index (κ3) is 4.20. The van der Waals surface area contributed by atoms with Gasteiger partial charge < -0.3 is 4.74 Å². The van der Waals surface area contributed by atoms with Gasteiger partial charge in [0.25, 0.3) is 0 Å². The average Bonchev–Trinajstić information content (AvgIpc) is 2.52. The summed E-state index contributed by atoms with van der Waals surface area (Å²) in [5.41, 5.74) is 2.56. The molecule has 5 nitrogen and oxygen atoms in total. The van der Waals surface area contributed by atoms with Gasteiger partial charge in [0.1, 0.15) is 5.25 Å². The van der Waals surface area contributed by atoms with Crippen LogP contribution in [0.1, 0.15) is 37.5 Å². The van der Waals surface area contributed by atoms with E-state index in [-0.39, 0.29) is 17.9 Å². The Morgan fingerprint density at radius 2 is 1.80 bits per heavy atom. The minimum atomic E-state index is -3.65. The molecule has 140 valence electrons. The Morgan fingerprint density at radius 1 is 1.24 bits per heavy atom. The van der Waals surface area contributed by atoms with E-state index in [1.165, 1.54) is 23.2 Å². The first-order chi connectivity index (χ1) is 11.5. The summed E-state index contributed by atoms with van der Waals surface area (Å²) in [6.45, 7) is 10.6. The minimum Gasteiger partial charge on any atom is -0.468 e. The maximum atomic E-state index is 13.2. The van der Waals surface area contributed by atoms with E-state index in [0.717, 1.165) is 16.7 Å². The SMILES string of the molecule is COC(=O)[C@H]1CN(S(=O)(=O)c2c(C)cc(C(C)(C)C)cc2C)CCS1. The van der Waals surface area contributed by atoms with Gasteiger partial charge in [-0.25, -0.2) is 8.42 Å². The first-order valence-corrected chi connectivity index (χ1v) is 10.8. The number of hydrogen-bond donors (Lipinski definition) is 0. The molecule has 1 aromatic carbocycles. The van der Waals surface area contributed by atoms with Crippen LogP contribution in [-0.4, -0.2) is 49.9 Å². The first kappa shape index (κ1) is 20.3. The Morgan fingerprint density at radius 3 is 2.28 bits per heavy atom. The van der Waals surface area contributed by atoms with Crippen LogP contribution >= 0.6 is 11.8 Å². The van der Waals surface area contributed by atoms with E-state index >= 15 is 0 Å². The molecule has 1 heterocycles. The van der Waals surface area contributed by atoms with Crippen LogP contribution in [0.2, 0.25) is 0 Å². The first-order valence-electron chi connectivity index (χ1n) is 8.29. The van der Waals surface area contributed by atoms with Gasteiger partial charge in [0.15, 0.2) is 0 Å². The van der Waals surface area contributed by atoms with E-state index in [1.807, 2.05) is 26.0 Å². The second-order valence-electron chi connectivity index (χ2n) is 7.43. The predicted molar refractivity (Wildman–Crippen MR) is 102 cm³/mol. The van der Waals surface area contributed by atoms with Gasteiger partial charge in [-0.2, -0.15) is 4.31 Å². The molecule has 0 spiro atoms. The summed E-state index contributed by atoms with van der Waals surface area (Å²) in [5, 5.41) is -0.469. The van der Waals surface area contributed by atoms with E-state index in [1.54, 1.807) is 0 Å². The zero-order valence-electron chi connectivity index (χ0n) is 15.8. The fraction of sp³-hybridized carbons (Fsp3) is 0.611. The summed E-state index contributed by atoms with van der Waals surface area (Å²) in [6.07, 6.45) is 0. The Bertz CT molecular complexity index is 743. The van der Waals surface area contributed by atoms with E-state index < -0.39 is 15.3 Å². The molecule has 0 N–H and O–H groups in total. The molecule has 25 heavy (non-hydrogen) atoms. The lowest BCUT2D eigenvalue weighted by molar-refractivity contribution is -0.140. The van der Waals surface area contributed by atoms with Crippen molar-refractivity contribution in [2.24, 2.45) is 0 Å². The van der Waals surface area contributed by atoms with E-state index in [9.17, 15) is 13.2 Å². The highest BCUT2D eigenvalue weighted by Crippen LogP contribution is 2.32. The maximum Gasteiger partial charge on any atom is 0.320 e. The van der Waals surface area contributed by atoms with Gasteiger partial charge >= 0.3 is 5.97 Å². The number of sulfonamides is 1. The molecule has 0 bridgehead atoms. The van der Waals surface area contributed by atoms with Gasteiger partial charge in [0.05, 0.1) is 12.0 Å². The van der Waals surface area contributed by atoms with E-state index in [2.05, 4.69) is 20.8 Å². The molecule has 7 heteroatoms. The van der Waals surface area contributed by atoms with Gasteiger partial charge in [-0.05, 0) is 36.0 Å². The van der Waals surface area contributed by atoms with Crippen LogP contribution in [0.15, 0.2) is 17.0 Å².